The van der Waals surface area contributed by atoms with Gasteiger partial charge in [-0.25, -0.2) is 4.99 Å². The summed E-state index contributed by atoms with van der Waals surface area (Å²) < 4.78 is 0. The van der Waals surface area contributed by atoms with E-state index >= 15 is 0 Å². The molecule has 1 aliphatic carbocycles. The van der Waals surface area contributed by atoms with Crippen LogP contribution in [0.3, 0.4) is 0 Å². The van der Waals surface area contributed by atoms with E-state index in [0.717, 1.165) is 41.4 Å². The Morgan fingerprint density at radius 3 is 2.89 bits per heavy atom. The highest BCUT2D eigenvalue weighted by Gasteiger charge is 2.25. The highest BCUT2D eigenvalue weighted by atomic mass is 15.1. The molecule has 0 saturated heterocycles. The Morgan fingerprint density at radius 2 is 2.04 bits per heavy atom. The maximum atomic E-state index is 5.59. The Bertz CT molecular complexity index is 1010. The lowest BCUT2D eigenvalue weighted by Gasteiger charge is -2.32. The second-order valence-electron chi connectivity index (χ2n) is 7.38. The number of benzene rings is 1. The van der Waals surface area contributed by atoms with Crippen LogP contribution in [0.1, 0.15) is 41.4 Å². The maximum absolute atomic E-state index is 5.59. The highest BCUT2D eigenvalue weighted by Crippen LogP contribution is 2.33. The minimum absolute atomic E-state index is 0.0950. The minimum atomic E-state index is 0.0950. The lowest BCUT2D eigenvalue weighted by Crippen LogP contribution is -2.29. The fourth-order valence-corrected chi connectivity index (χ4v) is 4.11. The average molecular weight is 374 g/mol. The molecule has 1 aromatic carbocycles. The van der Waals surface area contributed by atoms with Gasteiger partial charge in [0.2, 0.25) is 0 Å². The monoisotopic (exact) mass is 374 g/mol. The quantitative estimate of drug-likeness (QED) is 0.529. The van der Waals surface area contributed by atoms with Crippen molar-refractivity contribution in [2.45, 2.75) is 38.4 Å². The number of aliphatic imine (C=N–C) groups is 1. The number of nitrogens with zero attached hydrogens (tertiary/aromatic N) is 4. The third-order valence-corrected chi connectivity index (χ3v) is 5.51. The topological polar surface area (TPSA) is 93.4 Å². The van der Waals surface area contributed by atoms with Crippen LogP contribution in [-0.4, -0.2) is 27.9 Å². The van der Waals surface area contributed by atoms with Crippen LogP contribution < -0.4 is 11.5 Å². The molecule has 28 heavy (non-hydrogen) atoms. The van der Waals surface area contributed by atoms with E-state index in [1.165, 1.54) is 17.7 Å². The van der Waals surface area contributed by atoms with Crippen molar-refractivity contribution in [3.63, 3.8) is 0 Å². The first-order valence-corrected chi connectivity index (χ1v) is 9.68. The van der Waals surface area contributed by atoms with E-state index in [1.807, 2.05) is 30.6 Å². The maximum Gasteiger partial charge on any atom is 0.186 e. The number of nitrogens with two attached hydrogens (primary N) is 2. The van der Waals surface area contributed by atoms with E-state index in [-0.39, 0.29) is 5.96 Å². The molecule has 0 bridgehead atoms. The smallest absolute Gasteiger partial charge is 0.186 e. The molecule has 0 fully saturated rings. The van der Waals surface area contributed by atoms with Crippen molar-refractivity contribution in [3.05, 3.63) is 71.3 Å². The minimum Gasteiger partial charge on any atom is -0.370 e. The Morgan fingerprint density at radius 1 is 1.18 bits per heavy atom. The molecule has 1 aliphatic rings. The number of hydrogen-bond acceptors (Lipinski definition) is 4. The zero-order valence-electron chi connectivity index (χ0n) is 16.2. The van der Waals surface area contributed by atoms with Crippen molar-refractivity contribution in [1.82, 2.24) is 14.9 Å². The standard InChI is InChI=1S/C22H26N6/c1-28(20-10-4-7-15-8-5-11-25-21(15)20)14-19-18(13-27-22(23)24)17-9-3-2-6-16(17)12-26-19/h2-3,5-6,8-9,11-12,20H,4,7,10,13-14H2,1H3,(H4,23,24,27)/t20-/m0/s1. The van der Waals surface area contributed by atoms with Crippen molar-refractivity contribution in [2.24, 2.45) is 16.5 Å². The van der Waals surface area contributed by atoms with Gasteiger partial charge in [-0.3, -0.25) is 14.9 Å². The molecule has 0 radical (unpaired) electrons. The summed E-state index contributed by atoms with van der Waals surface area (Å²) in [5, 5.41) is 2.24. The van der Waals surface area contributed by atoms with Gasteiger partial charge < -0.3 is 11.5 Å². The van der Waals surface area contributed by atoms with Crippen LogP contribution in [-0.2, 0) is 19.5 Å². The molecule has 4 rings (SSSR count). The Kier molecular flexibility index (Phi) is 5.21. The van der Waals surface area contributed by atoms with E-state index in [9.17, 15) is 0 Å². The van der Waals surface area contributed by atoms with Crippen LogP contribution in [0.5, 0.6) is 0 Å². The predicted molar refractivity (Wildman–Crippen MR) is 113 cm³/mol. The fourth-order valence-electron chi connectivity index (χ4n) is 4.11. The summed E-state index contributed by atoms with van der Waals surface area (Å²) in [6.07, 6.45) is 7.22. The number of rotatable bonds is 5. The first-order chi connectivity index (χ1) is 13.6. The molecule has 6 heteroatoms. The number of aromatic nitrogens is 2. The van der Waals surface area contributed by atoms with Crippen molar-refractivity contribution >= 4 is 16.7 Å². The van der Waals surface area contributed by atoms with Crippen molar-refractivity contribution in [2.75, 3.05) is 7.05 Å². The van der Waals surface area contributed by atoms with Gasteiger partial charge in [0.1, 0.15) is 0 Å². The van der Waals surface area contributed by atoms with Gasteiger partial charge in [0.05, 0.1) is 24.0 Å². The van der Waals surface area contributed by atoms with Gasteiger partial charge in [-0.1, -0.05) is 30.3 Å². The lowest BCUT2D eigenvalue weighted by molar-refractivity contribution is 0.206. The van der Waals surface area contributed by atoms with Crippen LogP contribution in [0.2, 0.25) is 0 Å². The van der Waals surface area contributed by atoms with Crippen LogP contribution >= 0.6 is 0 Å². The zero-order valence-corrected chi connectivity index (χ0v) is 16.2. The molecular formula is C22H26N6. The number of guanidine groups is 1. The Hall–Kier alpha value is -2.99. The van der Waals surface area contributed by atoms with E-state index in [4.69, 9.17) is 16.5 Å². The van der Waals surface area contributed by atoms with E-state index in [1.54, 1.807) is 0 Å². The number of fused-ring (bicyclic) bond motifs is 2. The van der Waals surface area contributed by atoms with Gasteiger partial charge in [-0.2, -0.15) is 0 Å². The summed E-state index contributed by atoms with van der Waals surface area (Å²) in [6.45, 7) is 1.15. The first-order valence-electron chi connectivity index (χ1n) is 9.68. The second-order valence-corrected chi connectivity index (χ2v) is 7.38. The Balaban J connectivity index is 1.68. The Labute approximate surface area is 165 Å². The molecule has 0 unspecified atom stereocenters. The summed E-state index contributed by atoms with van der Waals surface area (Å²) in [5.41, 5.74) is 15.8. The molecule has 0 aliphatic heterocycles. The normalized spacial score (nSPS) is 16.1. The fraction of sp³-hybridized carbons (Fsp3) is 0.318. The number of pyridine rings is 2. The third kappa shape index (κ3) is 3.68. The van der Waals surface area contributed by atoms with E-state index < -0.39 is 0 Å². The van der Waals surface area contributed by atoms with Gasteiger partial charge >= 0.3 is 0 Å². The summed E-state index contributed by atoms with van der Waals surface area (Å²) in [5.74, 6) is 0.0950. The molecule has 6 nitrogen and oxygen atoms in total. The van der Waals surface area contributed by atoms with Gasteiger partial charge in [0.25, 0.3) is 0 Å². The molecule has 144 valence electrons. The summed E-state index contributed by atoms with van der Waals surface area (Å²) in [7, 11) is 2.15. The predicted octanol–water partition coefficient (Wildman–Crippen LogP) is 2.91. The third-order valence-electron chi connectivity index (χ3n) is 5.51. The van der Waals surface area contributed by atoms with Crippen LogP contribution in [0, 0.1) is 0 Å². The molecule has 0 saturated carbocycles. The van der Waals surface area contributed by atoms with E-state index in [2.05, 4.69) is 40.1 Å². The summed E-state index contributed by atoms with van der Waals surface area (Å²) in [6, 6.07) is 12.8. The van der Waals surface area contributed by atoms with Gasteiger partial charge in [-0.05, 0) is 43.3 Å². The summed E-state index contributed by atoms with van der Waals surface area (Å²) in [4.78, 5) is 16.1. The molecule has 1 atom stereocenters. The SMILES string of the molecule is CN(Cc1ncc2ccccc2c1CN=C(N)N)[C@H]1CCCc2cccnc21. The average Bonchev–Trinajstić information content (AvgIpc) is 2.72. The van der Waals surface area contributed by atoms with Crippen molar-refractivity contribution < 1.29 is 0 Å². The molecule has 2 aromatic heterocycles. The zero-order chi connectivity index (χ0) is 19.5. The molecule has 0 amide bonds. The van der Waals surface area contributed by atoms with Gasteiger partial charge in [0.15, 0.2) is 5.96 Å². The van der Waals surface area contributed by atoms with Crippen molar-refractivity contribution in [3.8, 4) is 0 Å². The summed E-state index contributed by atoms with van der Waals surface area (Å²) >= 11 is 0. The van der Waals surface area contributed by atoms with Crippen LogP contribution in [0.15, 0.2) is 53.8 Å². The molecule has 0 spiro atoms. The first kappa shape index (κ1) is 18.4. The largest absolute Gasteiger partial charge is 0.370 e. The van der Waals surface area contributed by atoms with Crippen LogP contribution in [0.25, 0.3) is 10.8 Å². The molecule has 4 N–H and O–H groups in total. The van der Waals surface area contributed by atoms with E-state index in [0.29, 0.717) is 12.6 Å². The van der Waals surface area contributed by atoms with Gasteiger partial charge in [-0.15, -0.1) is 0 Å². The van der Waals surface area contributed by atoms with Crippen LogP contribution in [0.4, 0.5) is 0 Å². The number of aryl methyl sites for hydroxylation is 1. The number of hydrogen-bond donors (Lipinski definition) is 2. The molecule has 2 heterocycles. The van der Waals surface area contributed by atoms with Gasteiger partial charge in [0, 0.05) is 29.9 Å². The van der Waals surface area contributed by atoms with Crippen molar-refractivity contribution in [1.29, 1.82) is 0 Å². The molecular weight excluding hydrogens is 348 g/mol. The highest BCUT2D eigenvalue weighted by molar-refractivity contribution is 5.86. The lowest BCUT2D eigenvalue weighted by atomic mass is 9.91. The second kappa shape index (κ2) is 7.94. The molecule has 3 aromatic rings.